The summed E-state index contributed by atoms with van der Waals surface area (Å²) in [7, 11) is 0. The Bertz CT molecular complexity index is 273. The van der Waals surface area contributed by atoms with E-state index in [4.69, 9.17) is 0 Å². The summed E-state index contributed by atoms with van der Waals surface area (Å²) in [6.45, 7) is 8.21. The van der Waals surface area contributed by atoms with E-state index in [-0.39, 0.29) is 5.91 Å². The van der Waals surface area contributed by atoms with Crippen LogP contribution in [0.15, 0.2) is 12.7 Å². The maximum absolute atomic E-state index is 11.1. The van der Waals surface area contributed by atoms with Crippen LogP contribution in [0.3, 0.4) is 0 Å². The normalized spacial score (nSPS) is 29.2. The summed E-state index contributed by atoms with van der Waals surface area (Å²) in [5, 5.41) is 13.1. The summed E-state index contributed by atoms with van der Waals surface area (Å²) in [6.07, 6.45) is 5.95. The maximum atomic E-state index is 11.1. The van der Waals surface area contributed by atoms with Crippen molar-refractivity contribution >= 4 is 5.91 Å². The summed E-state index contributed by atoms with van der Waals surface area (Å²) in [6, 6.07) is 0. The average molecular weight is 225 g/mol. The number of rotatable bonds is 3. The second-order valence-corrected chi connectivity index (χ2v) is 5.66. The van der Waals surface area contributed by atoms with Gasteiger partial charge in [-0.2, -0.15) is 0 Å². The van der Waals surface area contributed by atoms with E-state index in [1.807, 2.05) is 0 Å². The van der Waals surface area contributed by atoms with Crippen LogP contribution in [0.2, 0.25) is 0 Å². The van der Waals surface area contributed by atoms with E-state index >= 15 is 0 Å². The minimum atomic E-state index is -0.730. The van der Waals surface area contributed by atoms with Crippen molar-refractivity contribution in [1.82, 2.24) is 5.32 Å². The van der Waals surface area contributed by atoms with Crippen molar-refractivity contribution in [3.8, 4) is 0 Å². The Balaban J connectivity index is 2.50. The van der Waals surface area contributed by atoms with Gasteiger partial charge < -0.3 is 10.4 Å². The molecule has 1 unspecified atom stereocenters. The number of hydrogen-bond donors (Lipinski definition) is 2. The predicted octanol–water partition coefficient (Wildman–Crippen LogP) is 2.01. The highest BCUT2D eigenvalue weighted by Crippen LogP contribution is 2.37. The molecule has 0 heterocycles. The summed E-state index contributed by atoms with van der Waals surface area (Å²) < 4.78 is 0. The number of carbonyl (C=O) groups is 1. The van der Waals surface area contributed by atoms with Crippen LogP contribution in [0.4, 0.5) is 0 Å². The molecule has 0 aromatic heterocycles. The van der Waals surface area contributed by atoms with Gasteiger partial charge in [0.1, 0.15) is 0 Å². The van der Waals surface area contributed by atoms with E-state index < -0.39 is 5.60 Å². The van der Waals surface area contributed by atoms with Crippen LogP contribution in [0, 0.1) is 5.41 Å². The highest BCUT2D eigenvalue weighted by Gasteiger charge is 2.33. The van der Waals surface area contributed by atoms with Crippen molar-refractivity contribution in [2.45, 2.75) is 51.6 Å². The van der Waals surface area contributed by atoms with Gasteiger partial charge in [-0.05, 0) is 43.6 Å². The fourth-order valence-electron chi connectivity index (χ4n) is 2.22. The molecular formula is C13H23NO2. The van der Waals surface area contributed by atoms with Crippen LogP contribution < -0.4 is 5.32 Å². The zero-order chi connectivity index (χ0) is 12.2. The molecule has 1 aliphatic rings. The van der Waals surface area contributed by atoms with E-state index in [2.05, 4.69) is 25.7 Å². The molecule has 0 bridgehead atoms. The van der Waals surface area contributed by atoms with E-state index in [1.54, 1.807) is 0 Å². The Kier molecular flexibility index (Phi) is 4.14. The second kappa shape index (κ2) is 5.00. The van der Waals surface area contributed by atoms with Crippen LogP contribution in [0.5, 0.6) is 0 Å². The third-order valence-electron chi connectivity index (χ3n) is 3.54. The van der Waals surface area contributed by atoms with Crippen molar-refractivity contribution < 1.29 is 9.90 Å². The fraction of sp³-hybridized carbons (Fsp3) is 0.769. The smallest absolute Gasteiger partial charge is 0.243 e. The van der Waals surface area contributed by atoms with Crippen molar-refractivity contribution in [3.63, 3.8) is 0 Å². The first-order chi connectivity index (χ1) is 7.37. The molecule has 1 saturated carbocycles. The minimum absolute atomic E-state index is 0.211. The molecule has 1 rings (SSSR count). The lowest BCUT2D eigenvalue weighted by Crippen LogP contribution is -2.42. The monoisotopic (exact) mass is 225 g/mol. The molecule has 92 valence electrons. The van der Waals surface area contributed by atoms with Gasteiger partial charge in [-0.15, -0.1) is 0 Å². The predicted molar refractivity (Wildman–Crippen MR) is 65.0 cm³/mol. The molecular weight excluding hydrogens is 202 g/mol. The van der Waals surface area contributed by atoms with E-state index in [9.17, 15) is 9.90 Å². The van der Waals surface area contributed by atoms with Crippen molar-refractivity contribution in [3.05, 3.63) is 12.7 Å². The number of amides is 1. The van der Waals surface area contributed by atoms with Gasteiger partial charge in [0.2, 0.25) is 5.91 Å². The zero-order valence-electron chi connectivity index (χ0n) is 10.4. The summed E-state index contributed by atoms with van der Waals surface area (Å²) >= 11 is 0. The van der Waals surface area contributed by atoms with Gasteiger partial charge in [-0.3, -0.25) is 4.79 Å². The third kappa shape index (κ3) is 3.97. The molecule has 0 radical (unpaired) electrons. The molecule has 0 saturated heterocycles. The number of nitrogens with one attached hydrogen (secondary N) is 1. The highest BCUT2D eigenvalue weighted by atomic mass is 16.3. The third-order valence-corrected chi connectivity index (χ3v) is 3.54. The van der Waals surface area contributed by atoms with Crippen LogP contribution >= 0.6 is 0 Å². The SMILES string of the molecule is C=CC(=O)NCC1(O)CCCC(C)(C)CC1. The number of hydrogen-bond acceptors (Lipinski definition) is 2. The molecule has 0 aromatic rings. The summed E-state index contributed by atoms with van der Waals surface area (Å²) in [5.41, 5.74) is -0.417. The Morgan fingerprint density at radius 2 is 2.06 bits per heavy atom. The van der Waals surface area contributed by atoms with Gasteiger partial charge in [0.15, 0.2) is 0 Å². The van der Waals surface area contributed by atoms with Gasteiger partial charge in [0.05, 0.1) is 5.60 Å². The molecule has 1 amide bonds. The van der Waals surface area contributed by atoms with Crippen molar-refractivity contribution in [2.24, 2.45) is 5.41 Å². The molecule has 3 nitrogen and oxygen atoms in total. The molecule has 2 N–H and O–H groups in total. The Morgan fingerprint density at radius 1 is 1.38 bits per heavy atom. The van der Waals surface area contributed by atoms with E-state index in [0.717, 1.165) is 32.1 Å². The molecule has 3 heteroatoms. The van der Waals surface area contributed by atoms with Crippen LogP contribution in [-0.4, -0.2) is 23.2 Å². The quantitative estimate of drug-likeness (QED) is 0.570. The minimum Gasteiger partial charge on any atom is -0.388 e. The molecule has 1 aliphatic carbocycles. The number of aliphatic hydroxyl groups is 1. The molecule has 0 spiro atoms. The van der Waals surface area contributed by atoms with Crippen LogP contribution in [0.25, 0.3) is 0 Å². The van der Waals surface area contributed by atoms with Gasteiger partial charge in [-0.1, -0.05) is 20.4 Å². The second-order valence-electron chi connectivity index (χ2n) is 5.66. The Morgan fingerprint density at radius 3 is 2.69 bits per heavy atom. The molecule has 1 fully saturated rings. The largest absolute Gasteiger partial charge is 0.388 e. The van der Waals surface area contributed by atoms with E-state index in [1.165, 1.54) is 6.08 Å². The molecule has 16 heavy (non-hydrogen) atoms. The molecule has 0 aromatic carbocycles. The summed E-state index contributed by atoms with van der Waals surface area (Å²) in [5.74, 6) is -0.211. The first-order valence-electron chi connectivity index (χ1n) is 6.00. The lowest BCUT2D eigenvalue weighted by Gasteiger charge is -2.27. The topological polar surface area (TPSA) is 49.3 Å². The highest BCUT2D eigenvalue weighted by molar-refractivity contribution is 5.86. The zero-order valence-corrected chi connectivity index (χ0v) is 10.4. The Hall–Kier alpha value is -0.830. The standard InChI is InChI=1S/C13H23NO2/c1-4-11(15)14-10-13(16)7-5-6-12(2,3)8-9-13/h4,16H,1,5-10H2,2-3H3,(H,14,15). The Labute approximate surface area is 97.9 Å². The van der Waals surface area contributed by atoms with Crippen molar-refractivity contribution in [1.29, 1.82) is 0 Å². The first kappa shape index (κ1) is 13.2. The van der Waals surface area contributed by atoms with Gasteiger partial charge in [0.25, 0.3) is 0 Å². The number of carbonyl (C=O) groups excluding carboxylic acids is 1. The molecule has 1 atom stereocenters. The van der Waals surface area contributed by atoms with Gasteiger partial charge in [0, 0.05) is 6.54 Å². The van der Waals surface area contributed by atoms with Gasteiger partial charge >= 0.3 is 0 Å². The lowest BCUT2D eigenvalue weighted by molar-refractivity contribution is -0.117. The van der Waals surface area contributed by atoms with E-state index in [0.29, 0.717) is 12.0 Å². The average Bonchev–Trinajstić information content (AvgIpc) is 2.36. The maximum Gasteiger partial charge on any atom is 0.243 e. The summed E-state index contributed by atoms with van der Waals surface area (Å²) in [4.78, 5) is 11.1. The van der Waals surface area contributed by atoms with Crippen molar-refractivity contribution in [2.75, 3.05) is 6.54 Å². The van der Waals surface area contributed by atoms with Crippen LogP contribution in [-0.2, 0) is 4.79 Å². The molecule has 0 aliphatic heterocycles. The van der Waals surface area contributed by atoms with Gasteiger partial charge in [-0.25, -0.2) is 0 Å². The fourth-order valence-corrected chi connectivity index (χ4v) is 2.22. The lowest BCUT2D eigenvalue weighted by atomic mass is 9.84. The van der Waals surface area contributed by atoms with Crippen LogP contribution in [0.1, 0.15) is 46.0 Å². The first-order valence-corrected chi connectivity index (χ1v) is 6.00.